The van der Waals surface area contributed by atoms with Crippen molar-refractivity contribution in [2.75, 3.05) is 59.7 Å². The van der Waals surface area contributed by atoms with E-state index in [1.165, 1.54) is 24.2 Å². The number of piperidine rings is 2. The predicted molar refractivity (Wildman–Crippen MR) is 220 cm³/mol. The molecule has 300 valence electrons. The van der Waals surface area contributed by atoms with Gasteiger partial charge in [0.2, 0.25) is 11.8 Å². The standard InChI is InChI=1S/C41H43ClN10O5S/c1-23-4-3-5-29(42)35(23)48-37(55)31-22-43-40(58-31)46-32-19-33(45-24(2)44-32)51-16-14-50(15-17-51)26-20-41(21-26)10-12-49(13-11-41)25-6-7-27-28(18-25)39(57)52(38(27)56)30-8-9-34(53)47-36(30)54/h3-7,18-19,22,26,30H,8-17,20-21H2,1-2H3,(H,48,55)(H,47,53,54)(H,43,44,45,46). The van der Waals surface area contributed by atoms with Gasteiger partial charge in [-0.3, -0.25) is 39.1 Å². The first-order valence-corrected chi connectivity index (χ1v) is 20.9. The van der Waals surface area contributed by atoms with Gasteiger partial charge in [0, 0.05) is 63.5 Å². The number of thiazole rings is 1. The molecule has 1 atom stereocenters. The molecule has 6 heterocycles. The Bertz CT molecular complexity index is 2330. The number of aryl methyl sites for hydroxylation is 2. The molecule has 3 N–H and O–H groups in total. The van der Waals surface area contributed by atoms with Crippen LogP contribution < -0.4 is 25.8 Å². The number of piperazine rings is 1. The van der Waals surface area contributed by atoms with Crippen molar-refractivity contribution in [3.8, 4) is 0 Å². The fourth-order valence-electron chi connectivity index (χ4n) is 9.11. The van der Waals surface area contributed by atoms with E-state index in [1.807, 2.05) is 38.1 Å². The lowest BCUT2D eigenvalue weighted by molar-refractivity contribution is -0.136. The maximum absolute atomic E-state index is 13.4. The molecular weight excluding hydrogens is 780 g/mol. The van der Waals surface area contributed by atoms with E-state index in [4.69, 9.17) is 16.6 Å². The monoisotopic (exact) mass is 822 g/mol. The summed E-state index contributed by atoms with van der Waals surface area (Å²) in [6, 6.07) is 12.4. The van der Waals surface area contributed by atoms with Crippen LogP contribution >= 0.6 is 22.9 Å². The van der Waals surface area contributed by atoms with Crippen LogP contribution in [-0.4, -0.2) is 106 Å². The Hall–Kier alpha value is -5.45. The molecular formula is C41H43ClN10O5S. The normalized spacial score (nSPS) is 20.9. The maximum Gasteiger partial charge on any atom is 0.267 e. The molecule has 0 radical (unpaired) electrons. The minimum absolute atomic E-state index is 0.0948. The highest BCUT2D eigenvalue weighted by Crippen LogP contribution is 2.51. The number of carbonyl (C=O) groups excluding carboxylic acids is 5. The van der Waals surface area contributed by atoms with Crippen LogP contribution in [0.4, 0.5) is 28.1 Å². The number of halogens is 1. The van der Waals surface area contributed by atoms with E-state index in [-0.39, 0.29) is 24.7 Å². The van der Waals surface area contributed by atoms with Crippen molar-refractivity contribution in [3.63, 3.8) is 0 Å². The van der Waals surface area contributed by atoms with Crippen molar-refractivity contribution in [3.05, 3.63) is 81.1 Å². The molecule has 2 aromatic heterocycles. The van der Waals surface area contributed by atoms with E-state index in [2.05, 4.69) is 40.6 Å². The molecule has 0 bridgehead atoms. The first-order valence-electron chi connectivity index (χ1n) is 19.7. The van der Waals surface area contributed by atoms with Crippen LogP contribution in [0.2, 0.25) is 5.02 Å². The van der Waals surface area contributed by atoms with Crippen LogP contribution in [0, 0.1) is 19.3 Å². The molecule has 4 aliphatic heterocycles. The molecule has 4 fully saturated rings. The largest absolute Gasteiger partial charge is 0.371 e. The summed E-state index contributed by atoms with van der Waals surface area (Å²) < 4.78 is 0. The summed E-state index contributed by atoms with van der Waals surface area (Å²) in [6.07, 6.45) is 6.25. The van der Waals surface area contributed by atoms with E-state index < -0.39 is 23.8 Å². The summed E-state index contributed by atoms with van der Waals surface area (Å²) in [5.41, 5.74) is 3.31. The van der Waals surface area contributed by atoms with Crippen molar-refractivity contribution in [2.24, 2.45) is 5.41 Å². The second-order valence-corrected chi connectivity index (χ2v) is 17.4. The molecule has 4 aromatic rings. The number of para-hydroxylation sites is 1. The summed E-state index contributed by atoms with van der Waals surface area (Å²) in [5, 5.41) is 9.45. The van der Waals surface area contributed by atoms with Gasteiger partial charge in [0.15, 0.2) is 5.13 Å². The lowest BCUT2D eigenvalue weighted by Gasteiger charge is -2.56. The fourth-order valence-corrected chi connectivity index (χ4v) is 10.1. The Morgan fingerprint density at radius 3 is 2.41 bits per heavy atom. The zero-order valence-electron chi connectivity index (χ0n) is 32.2. The molecule has 9 rings (SSSR count). The van der Waals surface area contributed by atoms with Gasteiger partial charge in [-0.1, -0.05) is 35.1 Å². The summed E-state index contributed by atoms with van der Waals surface area (Å²) in [6.45, 7) is 9.13. The van der Waals surface area contributed by atoms with Crippen LogP contribution in [0.5, 0.6) is 0 Å². The van der Waals surface area contributed by atoms with Gasteiger partial charge in [0.05, 0.1) is 28.0 Å². The minimum Gasteiger partial charge on any atom is -0.371 e. The molecule has 5 amide bonds. The number of rotatable bonds is 8. The van der Waals surface area contributed by atoms with Gasteiger partial charge in [-0.2, -0.15) is 0 Å². The first-order chi connectivity index (χ1) is 27.9. The lowest BCUT2D eigenvalue weighted by Crippen LogP contribution is -2.59. The maximum atomic E-state index is 13.4. The zero-order valence-corrected chi connectivity index (χ0v) is 33.8. The van der Waals surface area contributed by atoms with E-state index in [0.29, 0.717) is 54.9 Å². The third-order valence-electron chi connectivity index (χ3n) is 12.4. The third kappa shape index (κ3) is 7.17. The SMILES string of the molecule is Cc1nc(Nc2ncc(C(=O)Nc3c(C)cccc3Cl)s2)cc(N2CCN(C3CC4(CCN(c5ccc6c(c5)C(=O)N(C5CCC(=O)NC5=O)C6=O)CC4)C3)CC2)n1. The van der Waals surface area contributed by atoms with E-state index in [9.17, 15) is 24.0 Å². The number of aromatic nitrogens is 3. The van der Waals surface area contributed by atoms with Gasteiger partial charge in [0.1, 0.15) is 28.4 Å². The topological polar surface area (TPSA) is 173 Å². The lowest BCUT2D eigenvalue weighted by atomic mass is 9.60. The van der Waals surface area contributed by atoms with Gasteiger partial charge in [-0.25, -0.2) is 15.0 Å². The Morgan fingerprint density at radius 1 is 0.914 bits per heavy atom. The first kappa shape index (κ1) is 38.1. The highest BCUT2D eigenvalue weighted by atomic mass is 35.5. The molecule has 1 aliphatic carbocycles. The van der Waals surface area contributed by atoms with Crippen LogP contribution in [0.1, 0.15) is 80.3 Å². The van der Waals surface area contributed by atoms with Crippen molar-refractivity contribution in [2.45, 2.75) is 64.5 Å². The highest BCUT2D eigenvalue weighted by molar-refractivity contribution is 7.17. The molecule has 17 heteroatoms. The van der Waals surface area contributed by atoms with Crippen molar-refractivity contribution >= 4 is 80.6 Å². The number of amides is 5. The van der Waals surface area contributed by atoms with Gasteiger partial charge < -0.3 is 20.4 Å². The molecule has 58 heavy (non-hydrogen) atoms. The molecule has 5 aliphatic rings. The van der Waals surface area contributed by atoms with E-state index in [1.54, 1.807) is 24.4 Å². The molecule has 1 unspecified atom stereocenters. The Morgan fingerprint density at radius 2 is 1.67 bits per heavy atom. The van der Waals surface area contributed by atoms with E-state index in [0.717, 1.165) is 74.1 Å². The van der Waals surface area contributed by atoms with Gasteiger partial charge in [-0.05, 0) is 81.2 Å². The van der Waals surface area contributed by atoms with Crippen LogP contribution in [0.25, 0.3) is 0 Å². The third-order valence-corrected chi connectivity index (χ3v) is 13.6. The number of hydrogen-bond acceptors (Lipinski definition) is 13. The smallest absolute Gasteiger partial charge is 0.267 e. The Kier molecular flexibility index (Phi) is 9.88. The summed E-state index contributed by atoms with van der Waals surface area (Å²) in [5.74, 6) is -0.104. The quantitative estimate of drug-likeness (QED) is 0.200. The number of anilines is 5. The predicted octanol–water partition coefficient (Wildman–Crippen LogP) is 5.17. The van der Waals surface area contributed by atoms with Gasteiger partial charge in [-0.15, -0.1) is 0 Å². The minimum atomic E-state index is -0.969. The second kappa shape index (κ2) is 15.1. The fraction of sp³-hybridized carbons (Fsp3) is 0.415. The van der Waals surface area contributed by atoms with Crippen LogP contribution in [0.15, 0.2) is 48.7 Å². The molecule has 2 aromatic carbocycles. The number of benzene rings is 2. The van der Waals surface area contributed by atoms with Gasteiger partial charge in [0.25, 0.3) is 17.7 Å². The number of imide groups is 2. The van der Waals surface area contributed by atoms with Crippen LogP contribution in [0.3, 0.4) is 0 Å². The summed E-state index contributed by atoms with van der Waals surface area (Å²) >= 11 is 7.55. The molecule has 15 nitrogen and oxygen atoms in total. The summed E-state index contributed by atoms with van der Waals surface area (Å²) in [7, 11) is 0. The number of nitrogens with zero attached hydrogens (tertiary/aromatic N) is 7. The van der Waals surface area contributed by atoms with E-state index >= 15 is 0 Å². The average molecular weight is 823 g/mol. The number of carbonyl (C=O) groups is 5. The molecule has 3 saturated heterocycles. The Balaban J connectivity index is 0.756. The molecule has 1 saturated carbocycles. The van der Waals surface area contributed by atoms with Crippen molar-refractivity contribution in [1.82, 2.24) is 30.1 Å². The number of nitrogens with one attached hydrogen (secondary N) is 3. The number of fused-ring (bicyclic) bond motifs is 1. The summed E-state index contributed by atoms with van der Waals surface area (Å²) in [4.78, 5) is 86.0. The van der Waals surface area contributed by atoms with Crippen LogP contribution in [-0.2, 0) is 9.59 Å². The average Bonchev–Trinajstić information content (AvgIpc) is 3.76. The zero-order chi connectivity index (χ0) is 40.3. The van der Waals surface area contributed by atoms with Gasteiger partial charge >= 0.3 is 0 Å². The molecule has 1 spiro atoms. The Labute approximate surface area is 344 Å². The highest BCUT2D eigenvalue weighted by Gasteiger charge is 2.49. The van der Waals surface area contributed by atoms with Crippen molar-refractivity contribution < 1.29 is 24.0 Å². The number of hydrogen-bond donors (Lipinski definition) is 3. The van der Waals surface area contributed by atoms with Crippen molar-refractivity contribution in [1.29, 1.82) is 0 Å². The second-order valence-electron chi connectivity index (χ2n) is 15.9.